The number of esters is 1. The van der Waals surface area contributed by atoms with Gasteiger partial charge in [-0.2, -0.15) is 0 Å². The lowest BCUT2D eigenvalue weighted by Crippen LogP contribution is -2.36. The van der Waals surface area contributed by atoms with Gasteiger partial charge < -0.3 is 9.84 Å². The molecule has 0 spiro atoms. The van der Waals surface area contributed by atoms with Crippen molar-refractivity contribution in [2.24, 2.45) is 0 Å². The molecule has 2 N–H and O–H groups in total. The zero-order valence-corrected chi connectivity index (χ0v) is 13.6. The lowest BCUT2D eigenvalue weighted by Gasteiger charge is -2.13. The van der Waals surface area contributed by atoms with Gasteiger partial charge in [0.05, 0.1) is 17.5 Å². The molecule has 0 aliphatic carbocycles. The Balaban J connectivity index is 3.08. The summed E-state index contributed by atoms with van der Waals surface area (Å²) in [6.07, 6.45) is 0.460. The number of nitrogens with one attached hydrogen (secondary N) is 1. The number of carbonyl (C=O) groups excluding carboxylic acids is 1. The molecule has 0 unspecified atom stereocenters. The molecule has 108 valence electrons. The van der Waals surface area contributed by atoms with Gasteiger partial charge in [-0.15, -0.1) is 11.3 Å². The largest absolute Gasteiger partial charge is 0.465 e. The molecule has 0 amide bonds. The van der Waals surface area contributed by atoms with E-state index in [0.717, 1.165) is 11.3 Å². The molecule has 1 aromatic rings. The lowest BCUT2D eigenvalue weighted by molar-refractivity contribution is 0.0606. The molecule has 0 saturated carbocycles. The topological polar surface area (TPSA) is 92.7 Å². The first-order valence-corrected chi connectivity index (χ1v) is 8.45. The summed E-state index contributed by atoms with van der Waals surface area (Å²) in [5, 5.41) is 9.03. The van der Waals surface area contributed by atoms with Gasteiger partial charge in [0, 0.05) is 6.04 Å². The third kappa shape index (κ3) is 3.99. The first-order valence-electron chi connectivity index (χ1n) is 5.36. The number of hydrogen-bond acceptors (Lipinski definition) is 6. The minimum absolute atomic E-state index is 0.0372. The van der Waals surface area contributed by atoms with Gasteiger partial charge in [-0.1, -0.05) is 6.92 Å². The van der Waals surface area contributed by atoms with Crippen LogP contribution in [0, 0.1) is 0 Å². The molecule has 1 atom stereocenters. The molecular formula is C10H14BrNO5S2. The fourth-order valence-corrected chi connectivity index (χ4v) is 5.06. The van der Waals surface area contributed by atoms with Crippen molar-refractivity contribution in [3.05, 3.63) is 14.7 Å². The summed E-state index contributed by atoms with van der Waals surface area (Å²) in [6, 6.07) is 0.686. The Hall–Kier alpha value is -0.480. The number of ether oxygens (including phenoxy) is 1. The second-order valence-electron chi connectivity index (χ2n) is 3.65. The number of aliphatic hydroxyl groups is 1. The number of hydrogen-bond donors (Lipinski definition) is 2. The van der Waals surface area contributed by atoms with E-state index in [0.29, 0.717) is 10.2 Å². The highest BCUT2D eigenvalue weighted by molar-refractivity contribution is 9.11. The summed E-state index contributed by atoms with van der Waals surface area (Å²) >= 11 is 4.09. The average molecular weight is 372 g/mol. The summed E-state index contributed by atoms with van der Waals surface area (Å²) in [5.41, 5.74) is 0. The van der Waals surface area contributed by atoms with Crippen molar-refractivity contribution in [2.75, 3.05) is 13.7 Å². The Labute approximate surface area is 124 Å². The lowest BCUT2D eigenvalue weighted by atomic mass is 10.3. The van der Waals surface area contributed by atoms with Crippen LogP contribution in [0.25, 0.3) is 0 Å². The molecule has 6 nitrogen and oxygen atoms in total. The van der Waals surface area contributed by atoms with Crippen LogP contribution in [-0.4, -0.2) is 39.3 Å². The summed E-state index contributed by atoms with van der Waals surface area (Å²) < 4.78 is 31.4. The molecule has 1 aromatic heterocycles. The molecule has 0 aliphatic rings. The minimum atomic E-state index is -3.79. The van der Waals surface area contributed by atoms with Crippen molar-refractivity contribution in [1.82, 2.24) is 4.72 Å². The van der Waals surface area contributed by atoms with Crippen LogP contribution in [0.15, 0.2) is 14.7 Å². The van der Waals surface area contributed by atoms with Crippen molar-refractivity contribution >= 4 is 43.3 Å². The Bertz CT molecular complexity index is 550. The van der Waals surface area contributed by atoms with Crippen LogP contribution in [0.2, 0.25) is 0 Å². The Morgan fingerprint density at radius 1 is 1.63 bits per heavy atom. The number of thiophene rings is 1. The summed E-state index contributed by atoms with van der Waals surface area (Å²) in [5.74, 6) is -0.596. The third-order valence-corrected chi connectivity index (χ3v) is 6.12. The van der Waals surface area contributed by atoms with Crippen molar-refractivity contribution < 1.29 is 23.1 Å². The number of sulfonamides is 1. The van der Waals surface area contributed by atoms with E-state index in [1.165, 1.54) is 13.2 Å². The Kier molecular flexibility index (Phi) is 5.93. The van der Waals surface area contributed by atoms with Crippen LogP contribution < -0.4 is 4.72 Å². The number of methoxy groups -OCH3 is 1. The summed E-state index contributed by atoms with van der Waals surface area (Å²) in [6.45, 7) is 1.47. The molecule has 0 saturated heterocycles. The van der Waals surface area contributed by atoms with Gasteiger partial charge in [0.2, 0.25) is 10.0 Å². The van der Waals surface area contributed by atoms with Gasteiger partial charge in [-0.3, -0.25) is 0 Å². The normalized spacial score (nSPS) is 13.3. The van der Waals surface area contributed by atoms with Crippen molar-refractivity contribution in [1.29, 1.82) is 0 Å². The van der Waals surface area contributed by atoms with E-state index in [2.05, 4.69) is 25.4 Å². The SMILES string of the molecule is CC[C@@H](CO)NS(=O)(=O)c1cc(C(=O)OC)sc1Br. The smallest absolute Gasteiger partial charge is 0.348 e. The van der Waals surface area contributed by atoms with Crippen molar-refractivity contribution in [3.63, 3.8) is 0 Å². The molecule has 0 radical (unpaired) electrons. The van der Waals surface area contributed by atoms with E-state index in [4.69, 9.17) is 5.11 Å². The van der Waals surface area contributed by atoms with E-state index in [9.17, 15) is 13.2 Å². The average Bonchev–Trinajstić information content (AvgIpc) is 2.78. The predicted molar refractivity (Wildman–Crippen MR) is 74.8 cm³/mol. The molecule has 1 heterocycles. The zero-order chi connectivity index (χ0) is 14.6. The Morgan fingerprint density at radius 2 is 2.26 bits per heavy atom. The maximum absolute atomic E-state index is 12.1. The van der Waals surface area contributed by atoms with Gasteiger partial charge in [0.1, 0.15) is 9.77 Å². The first kappa shape index (κ1) is 16.6. The highest BCUT2D eigenvalue weighted by Crippen LogP contribution is 2.32. The van der Waals surface area contributed by atoms with Gasteiger partial charge in [-0.25, -0.2) is 17.9 Å². The predicted octanol–water partition coefficient (Wildman–Crippen LogP) is 1.35. The van der Waals surface area contributed by atoms with Gasteiger partial charge in [-0.05, 0) is 28.4 Å². The third-order valence-electron chi connectivity index (χ3n) is 2.37. The van der Waals surface area contributed by atoms with Crippen LogP contribution >= 0.6 is 27.3 Å². The fourth-order valence-electron chi connectivity index (χ4n) is 1.27. The number of halogens is 1. The van der Waals surface area contributed by atoms with E-state index in [1.54, 1.807) is 6.92 Å². The highest BCUT2D eigenvalue weighted by atomic mass is 79.9. The highest BCUT2D eigenvalue weighted by Gasteiger charge is 2.25. The van der Waals surface area contributed by atoms with Crippen molar-refractivity contribution in [3.8, 4) is 0 Å². The van der Waals surface area contributed by atoms with E-state index < -0.39 is 22.0 Å². The number of carbonyl (C=O) groups is 1. The van der Waals surface area contributed by atoms with Crippen molar-refractivity contribution in [2.45, 2.75) is 24.3 Å². The van der Waals surface area contributed by atoms with Crippen LogP contribution in [-0.2, 0) is 14.8 Å². The maximum atomic E-state index is 12.1. The van der Waals surface area contributed by atoms with E-state index >= 15 is 0 Å². The summed E-state index contributed by atoms with van der Waals surface area (Å²) in [4.78, 5) is 11.5. The van der Waals surface area contributed by atoms with Crippen LogP contribution in [0.3, 0.4) is 0 Å². The zero-order valence-electron chi connectivity index (χ0n) is 10.3. The fraction of sp³-hybridized carbons (Fsp3) is 0.500. The van der Waals surface area contributed by atoms with Gasteiger partial charge in [0.15, 0.2) is 0 Å². The van der Waals surface area contributed by atoms with E-state index in [-0.39, 0.29) is 16.4 Å². The molecule has 19 heavy (non-hydrogen) atoms. The minimum Gasteiger partial charge on any atom is -0.465 e. The first-order chi connectivity index (χ1) is 8.85. The van der Waals surface area contributed by atoms with E-state index in [1.807, 2.05) is 0 Å². The standard InChI is InChI=1S/C10H14BrNO5S2/c1-3-6(5-13)12-19(15,16)8-4-7(10(14)17-2)18-9(8)11/h4,6,12-13H,3,5H2,1-2H3/t6-/m0/s1. The Morgan fingerprint density at radius 3 is 2.74 bits per heavy atom. The quantitative estimate of drug-likeness (QED) is 0.736. The molecule has 9 heteroatoms. The number of rotatable bonds is 6. The second kappa shape index (κ2) is 6.80. The molecule has 1 rings (SSSR count). The van der Waals surface area contributed by atoms with Crippen LogP contribution in [0.5, 0.6) is 0 Å². The van der Waals surface area contributed by atoms with Gasteiger partial charge >= 0.3 is 5.97 Å². The molecule has 0 aliphatic heterocycles. The molecule has 0 bridgehead atoms. The molecule has 0 aromatic carbocycles. The molecular weight excluding hydrogens is 358 g/mol. The molecule has 0 fully saturated rings. The number of aliphatic hydroxyl groups excluding tert-OH is 1. The second-order valence-corrected chi connectivity index (χ2v) is 7.70. The monoisotopic (exact) mass is 371 g/mol. The van der Waals surface area contributed by atoms with Crippen LogP contribution in [0.4, 0.5) is 0 Å². The summed E-state index contributed by atoms with van der Waals surface area (Å²) in [7, 11) is -2.57. The van der Waals surface area contributed by atoms with Crippen LogP contribution in [0.1, 0.15) is 23.0 Å². The maximum Gasteiger partial charge on any atom is 0.348 e. The van der Waals surface area contributed by atoms with Gasteiger partial charge in [0.25, 0.3) is 0 Å².